The van der Waals surface area contributed by atoms with Crippen LogP contribution in [0.25, 0.3) is 0 Å². The number of likely N-dealkylation sites (tertiary alicyclic amines) is 1. The lowest BCUT2D eigenvalue weighted by atomic mass is 9.84. The second kappa shape index (κ2) is 2.58. The molecular weight excluding hydrogens is 166 g/mol. The van der Waals surface area contributed by atoms with Crippen LogP contribution in [-0.4, -0.2) is 34.1 Å². The van der Waals surface area contributed by atoms with Crippen molar-refractivity contribution in [2.45, 2.75) is 13.8 Å². The minimum atomic E-state index is 0.0769. The molecular formula is C9H13N3O. The molecule has 1 aliphatic heterocycles. The number of H-pyrrole nitrogens is 1. The predicted molar refractivity (Wildman–Crippen MR) is 48.3 cm³/mol. The first-order valence-corrected chi connectivity index (χ1v) is 4.37. The third-order valence-electron chi connectivity index (χ3n) is 2.27. The van der Waals surface area contributed by atoms with Crippen LogP contribution in [0.15, 0.2) is 12.4 Å². The third kappa shape index (κ3) is 1.43. The van der Waals surface area contributed by atoms with Crippen molar-refractivity contribution in [2.24, 2.45) is 5.41 Å². The lowest BCUT2D eigenvalue weighted by Crippen LogP contribution is -2.55. The average molecular weight is 179 g/mol. The van der Waals surface area contributed by atoms with E-state index in [4.69, 9.17) is 0 Å². The van der Waals surface area contributed by atoms with Crippen molar-refractivity contribution in [3.8, 4) is 0 Å². The summed E-state index contributed by atoms with van der Waals surface area (Å²) in [5.41, 5.74) is 0.940. The summed E-state index contributed by atoms with van der Waals surface area (Å²) in [6, 6.07) is 0. The highest BCUT2D eigenvalue weighted by atomic mass is 16.2. The van der Waals surface area contributed by atoms with Crippen LogP contribution >= 0.6 is 0 Å². The lowest BCUT2D eigenvalue weighted by molar-refractivity contribution is 0.0236. The van der Waals surface area contributed by atoms with Gasteiger partial charge in [0.1, 0.15) is 0 Å². The normalized spacial score (nSPS) is 19.7. The van der Waals surface area contributed by atoms with Gasteiger partial charge in [-0.2, -0.15) is 5.10 Å². The fraction of sp³-hybridized carbons (Fsp3) is 0.556. The molecule has 1 saturated heterocycles. The molecule has 13 heavy (non-hydrogen) atoms. The summed E-state index contributed by atoms with van der Waals surface area (Å²) in [4.78, 5) is 13.5. The van der Waals surface area contributed by atoms with E-state index in [-0.39, 0.29) is 5.91 Å². The monoisotopic (exact) mass is 179 g/mol. The molecule has 0 aliphatic carbocycles. The first-order valence-electron chi connectivity index (χ1n) is 4.37. The van der Waals surface area contributed by atoms with Crippen molar-refractivity contribution in [1.82, 2.24) is 15.1 Å². The van der Waals surface area contributed by atoms with Crippen molar-refractivity contribution in [1.29, 1.82) is 0 Å². The fourth-order valence-corrected chi connectivity index (χ4v) is 1.68. The summed E-state index contributed by atoms with van der Waals surface area (Å²) >= 11 is 0. The van der Waals surface area contributed by atoms with E-state index in [1.54, 1.807) is 12.4 Å². The van der Waals surface area contributed by atoms with Gasteiger partial charge in [-0.1, -0.05) is 13.8 Å². The fourth-order valence-electron chi connectivity index (χ4n) is 1.68. The van der Waals surface area contributed by atoms with Crippen molar-refractivity contribution in [2.75, 3.05) is 13.1 Å². The molecule has 1 N–H and O–H groups in total. The molecule has 0 aromatic carbocycles. The Kier molecular flexibility index (Phi) is 1.65. The number of rotatable bonds is 1. The van der Waals surface area contributed by atoms with Gasteiger partial charge < -0.3 is 4.90 Å². The van der Waals surface area contributed by atoms with Crippen LogP contribution in [0.4, 0.5) is 0 Å². The van der Waals surface area contributed by atoms with E-state index in [0.717, 1.165) is 13.1 Å². The minimum Gasteiger partial charge on any atom is -0.337 e. The molecule has 4 heteroatoms. The number of aromatic amines is 1. The van der Waals surface area contributed by atoms with Gasteiger partial charge in [-0.3, -0.25) is 9.89 Å². The van der Waals surface area contributed by atoms with Gasteiger partial charge in [0.2, 0.25) is 0 Å². The molecule has 1 aromatic heterocycles. The Bertz CT molecular complexity index is 308. The van der Waals surface area contributed by atoms with E-state index in [0.29, 0.717) is 11.0 Å². The van der Waals surface area contributed by atoms with Gasteiger partial charge in [0, 0.05) is 19.3 Å². The molecule has 2 rings (SSSR count). The third-order valence-corrected chi connectivity index (χ3v) is 2.27. The first-order chi connectivity index (χ1) is 6.08. The quantitative estimate of drug-likeness (QED) is 0.696. The second-order valence-electron chi connectivity index (χ2n) is 4.31. The molecule has 1 fully saturated rings. The smallest absolute Gasteiger partial charge is 0.257 e. The molecule has 0 saturated carbocycles. The number of hydrogen-bond acceptors (Lipinski definition) is 2. The number of carbonyl (C=O) groups is 1. The highest BCUT2D eigenvalue weighted by molar-refractivity contribution is 5.94. The van der Waals surface area contributed by atoms with Crippen molar-refractivity contribution >= 4 is 5.91 Å². The molecule has 0 atom stereocenters. The molecule has 1 aliphatic rings. The molecule has 2 heterocycles. The van der Waals surface area contributed by atoms with Gasteiger partial charge in [-0.15, -0.1) is 0 Å². The van der Waals surface area contributed by atoms with Crippen molar-refractivity contribution in [3.05, 3.63) is 18.0 Å². The number of carbonyl (C=O) groups excluding carboxylic acids is 1. The Balaban J connectivity index is 2.02. The summed E-state index contributed by atoms with van der Waals surface area (Å²) in [6.45, 7) is 6.01. The maximum Gasteiger partial charge on any atom is 0.257 e. The Morgan fingerprint density at radius 1 is 1.62 bits per heavy atom. The van der Waals surface area contributed by atoms with Crippen LogP contribution in [-0.2, 0) is 0 Å². The molecule has 1 aromatic rings. The van der Waals surface area contributed by atoms with Crippen molar-refractivity contribution < 1.29 is 4.79 Å². The molecule has 0 radical (unpaired) electrons. The summed E-state index contributed by atoms with van der Waals surface area (Å²) in [5, 5.41) is 6.38. The molecule has 0 spiro atoms. The Morgan fingerprint density at radius 2 is 2.31 bits per heavy atom. The molecule has 1 amide bonds. The van der Waals surface area contributed by atoms with Gasteiger partial charge in [-0.25, -0.2) is 0 Å². The van der Waals surface area contributed by atoms with Gasteiger partial charge in [-0.05, 0) is 5.41 Å². The van der Waals surface area contributed by atoms with Crippen LogP contribution < -0.4 is 0 Å². The van der Waals surface area contributed by atoms with Gasteiger partial charge in [0.05, 0.1) is 11.8 Å². The summed E-state index contributed by atoms with van der Waals surface area (Å²) in [6.07, 6.45) is 3.20. The van der Waals surface area contributed by atoms with Crippen LogP contribution in [0.2, 0.25) is 0 Å². The van der Waals surface area contributed by atoms with E-state index < -0.39 is 0 Å². The largest absolute Gasteiger partial charge is 0.337 e. The van der Waals surface area contributed by atoms with E-state index >= 15 is 0 Å². The Hall–Kier alpha value is -1.32. The Labute approximate surface area is 76.9 Å². The maximum absolute atomic E-state index is 11.6. The van der Waals surface area contributed by atoms with Crippen LogP contribution in [0.5, 0.6) is 0 Å². The molecule has 0 bridgehead atoms. The standard InChI is InChI=1S/C9H13N3O/c1-9(2)5-12(6-9)8(13)7-3-10-11-4-7/h3-4H,5-6H2,1-2H3,(H,10,11). The highest BCUT2D eigenvalue weighted by Gasteiger charge is 2.37. The minimum absolute atomic E-state index is 0.0769. The van der Waals surface area contributed by atoms with Gasteiger partial charge >= 0.3 is 0 Å². The summed E-state index contributed by atoms with van der Waals surface area (Å²) < 4.78 is 0. The second-order valence-corrected chi connectivity index (χ2v) is 4.31. The van der Waals surface area contributed by atoms with Crippen molar-refractivity contribution in [3.63, 3.8) is 0 Å². The zero-order chi connectivity index (χ0) is 9.47. The van der Waals surface area contributed by atoms with Crippen LogP contribution in [0.3, 0.4) is 0 Å². The van der Waals surface area contributed by atoms with E-state index in [2.05, 4.69) is 24.0 Å². The SMILES string of the molecule is CC1(C)CN(C(=O)c2cn[nH]c2)C1. The lowest BCUT2D eigenvalue weighted by Gasteiger charge is -2.45. The first kappa shape index (κ1) is 8.29. The van der Waals surface area contributed by atoms with Crippen LogP contribution in [0, 0.1) is 5.41 Å². The summed E-state index contributed by atoms with van der Waals surface area (Å²) in [7, 11) is 0. The summed E-state index contributed by atoms with van der Waals surface area (Å²) in [5.74, 6) is 0.0769. The van der Waals surface area contributed by atoms with E-state index in [9.17, 15) is 4.79 Å². The zero-order valence-corrected chi connectivity index (χ0v) is 7.87. The predicted octanol–water partition coefficient (Wildman–Crippen LogP) is 0.892. The maximum atomic E-state index is 11.6. The van der Waals surface area contributed by atoms with E-state index in [1.165, 1.54) is 0 Å². The zero-order valence-electron chi connectivity index (χ0n) is 7.87. The van der Waals surface area contributed by atoms with E-state index in [1.807, 2.05) is 4.90 Å². The number of amides is 1. The van der Waals surface area contributed by atoms with Gasteiger partial charge in [0.15, 0.2) is 0 Å². The number of nitrogens with zero attached hydrogens (tertiary/aromatic N) is 2. The topological polar surface area (TPSA) is 49.0 Å². The average Bonchev–Trinajstić information content (AvgIpc) is 2.50. The highest BCUT2D eigenvalue weighted by Crippen LogP contribution is 2.29. The number of aromatic nitrogens is 2. The molecule has 0 unspecified atom stereocenters. The van der Waals surface area contributed by atoms with Crippen LogP contribution in [0.1, 0.15) is 24.2 Å². The molecule has 70 valence electrons. The number of nitrogens with one attached hydrogen (secondary N) is 1. The van der Waals surface area contributed by atoms with Gasteiger partial charge in [0.25, 0.3) is 5.91 Å². The molecule has 4 nitrogen and oxygen atoms in total. The Morgan fingerprint density at radius 3 is 2.77 bits per heavy atom. The number of hydrogen-bond donors (Lipinski definition) is 1.